The Morgan fingerprint density at radius 2 is 1.61 bits per heavy atom. The zero-order chi connectivity index (χ0) is 26.7. The van der Waals surface area contributed by atoms with Gasteiger partial charge in [0.1, 0.15) is 12.8 Å². The van der Waals surface area contributed by atoms with Crippen LogP contribution in [0.25, 0.3) is 28.7 Å². The van der Waals surface area contributed by atoms with Crippen molar-refractivity contribution in [3.8, 4) is 11.4 Å². The van der Waals surface area contributed by atoms with Crippen molar-refractivity contribution < 1.29 is 35.4 Å². The van der Waals surface area contributed by atoms with Gasteiger partial charge in [-0.05, 0) is 61.9 Å². The van der Waals surface area contributed by atoms with Gasteiger partial charge in [0.05, 0.1) is 12.5 Å². The van der Waals surface area contributed by atoms with Gasteiger partial charge in [-0.15, -0.1) is 0 Å². The first-order valence-electron chi connectivity index (χ1n) is 10.7. The Bertz CT molecular complexity index is 1510. The van der Waals surface area contributed by atoms with Gasteiger partial charge in [-0.3, -0.25) is 0 Å². The summed E-state index contributed by atoms with van der Waals surface area (Å²) in [5.74, 6) is 0.879. The zero-order valence-electron chi connectivity index (χ0n) is 20.1. The highest BCUT2D eigenvalue weighted by molar-refractivity contribution is 7.86. The summed E-state index contributed by atoms with van der Waals surface area (Å²) >= 11 is 0. The van der Waals surface area contributed by atoms with Crippen molar-refractivity contribution in [3.05, 3.63) is 89.4 Å². The molecule has 0 aliphatic rings. The van der Waals surface area contributed by atoms with Crippen molar-refractivity contribution in [3.63, 3.8) is 0 Å². The number of rotatable bonds is 4. The van der Waals surface area contributed by atoms with E-state index in [1.807, 2.05) is 12.1 Å². The molecule has 0 saturated carbocycles. The molecule has 36 heavy (non-hydrogen) atoms. The molecule has 0 spiro atoms. The van der Waals surface area contributed by atoms with Crippen LogP contribution >= 0.6 is 0 Å². The van der Waals surface area contributed by atoms with Crippen LogP contribution in [0.3, 0.4) is 0 Å². The number of hydrogen-bond donors (Lipinski definition) is 0. The number of ether oxygens (including phenoxy) is 1. The van der Waals surface area contributed by atoms with Gasteiger partial charge in [-0.1, -0.05) is 18.2 Å². The van der Waals surface area contributed by atoms with Crippen molar-refractivity contribution in [2.45, 2.75) is 19.4 Å². The summed E-state index contributed by atoms with van der Waals surface area (Å²) in [4.78, 5) is 0. The van der Waals surface area contributed by atoms with E-state index in [0.717, 1.165) is 11.4 Å². The number of alkyl halides is 3. The number of pyridine rings is 1. The molecule has 0 unspecified atom stereocenters. The number of benzene rings is 2. The smallest absolute Gasteiger partial charge is 0.485 e. The topological polar surface area (TPSA) is 75.2 Å². The second-order valence-electron chi connectivity index (χ2n) is 7.97. The second-order valence-corrected chi connectivity index (χ2v) is 9.34. The molecule has 2 aromatic carbocycles. The predicted octanol–water partition coefficient (Wildman–Crippen LogP) is 5.30. The van der Waals surface area contributed by atoms with Crippen molar-refractivity contribution in [1.82, 2.24) is 4.57 Å². The van der Waals surface area contributed by atoms with E-state index >= 15 is 0 Å². The lowest BCUT2D eigenvalue weighted by Crippen LogP contribution is -2.32. The summed E-state index contributed by atoms with van der Waals surface area (Å²) in [7, 11) is -2.29. The standard InChI is InChI=1S/C25H25N2O.CHF3O3S/c1-18-16-20(19(2)27(18)23-8-6-5-7-9-23)10-12-22-13-11-21-17-24(28-4)14-15-25(21)26(22)3;2-1(3,4)8(5,6)7/h5-17H,1-4H3;(H,5,6,7)/q+1;/p-1. The molecule has 0 amide bonds. The van der Waals surface area contributed by atoms with Crippen LogP contribution in [0.2, 0.25) is 0 Å². The highest BCUT2D eigenvalue weighted by Crippen LogP contribution is 2.23. The lowest BCUT2D eigenvalue weighted by molar-refractivity contribution is -0.646. The molecule has 0 aliphatic heterocycles. The molecule has 10 heteroatoms. The van der Waals surface area contributed by atoms with E-state index in [1.165, 1.54) is 33.5 Å². The molecule has 0 radical (unpaired) electrons. The van der Waals surface area contributed by atoms with Crippen LogP contribution < -0.4 is 9.30 Å². The Balaban J connectivity index is 0.000000392. The summed E-state index contributed by atoms with van der Waals surface area (Å²) in [6.07, 6.45) is 4.38. The van der Waals surface area contributed by atoms with Gasteiger partial charge in [0, 0.05) is 35.3 Å². The largest absolute Gasteiger partial charge is 0.741 e. The Morgan fingerprint density at radius 1 is 0.972 bits per heavy atom. The molecule has 0 bridgehead atoms. The number of hydrogen-bond acceptors (Lipinski definition) is 4. The Hall–Kier alpha value is -3.63. The molecule has 0 N–H and O–H groups in total. The van der Waals surface area contributed by atoms with Crippen LogP contribution in [0, 0.1) is 13.8 Å². The number of methoxy groups -OCH3 is 1. The fraction of sp³-hybridized carbons (Fsp3) is 0.192. The average molecular weight is 519 g/mol. The molecule has 4 aromatic rings. The van der Waals surface area contributed by atoms with Gasteiger partial charge in [0.2, 0.25) is 11.2 Å². The summed E-state index contributed by atoms with van der Waals surface area (Å²) < 4.78 is 68.7. The Labute approximate surface area is 207 Å². The third-order valence-corrected chi connectivity index (χ3v) is 6.19. The van der Waals surface area contributed by atoms with Gasteiger partial charge < -0.3 is 13.9 Å². The van der Waals surface area contributed by atoms with Crippen molar-refractivity contribution in [2.75, 3.05) is 7.11 Å². The van der Waals surface area contributed by atoms with E-state index in [2.05, 4.69) is 96.8 Å². The minimum Gasteiger partial charge on any atom is -0.741 e. The maximum atomic E-state index is 10.7. The number of aromatic nitrogens is 2. The normalized spacial score (nSPS) is 12.0. The molecule has 4 rings (SSSR count). The summed E-state index contributed by atoms with van der Waals surface area (Å²) in [6.45, 7) is 4.33. The lowest BCUT2D eigenvalue weighted by atomic mass is 10.1. The maximum Gasteiger partial charge on any atom is 0.485 e. The minimum atomic E-state index is -6.09. The van der Waals surface area contributed by atoms with E-state index in [-0.39, 0.29) is 0 Å². The molecular formula is C26H25F3N2O4S. The van der Waals surface area contributed by atoms with Gasteiger partial charge in [0.15, 0.2) is 10.1 Å². The molecule has 2 aromatic heterocycles. The van der Waals surface area contributed by atoms with E-state index in [9.17, 15) is 13.2 Å². The summed E-state index contributed by atoms with van der Waals surface area (Å²) in [5, 5.41) is 1.17. The second kappa shape index (κ2) is 10.5. The highest BCUT2D eigenvalue weighted by atomic mass is 32.2. The van der Waals surface area contributed by atoms with Gasteiger partial charge in [-0.25, -0.2) is 8.42 Å². The van der Waals surface area contributed by atoms with Crippen LogP contribution in [-0.2, 0) is 17.2 Å². The lowest BCUT2D eigenvalue weighted by Gasteiger charge is -2.09. The highest BCUT2D eigenvalue weighted by Gasteiger charge is 2.36. The van der Waals surface area contributed by atoms with E-state index in [1.54, 1.807) is 7.11 Å². The van der Waals surface area contributed by atoms with Gasteiger partial charge in [-0.2, -0.15) is 17.7 Å². The molecule has 2 heterocycles. The van der Waals surface area contributed by atoms with Gasteiger partial charge >= 0.3 is 5.51 Å². The fourth-order valence-corrected chi connectivity index (χ4v) is 3.80. The van der Waals surface area contributed by atoms with Crippen LogP contribution in [0.1, 0.15) is 22.6 Å². The molecule has 0 saturated heterocycles. The third-order valence-electron chi connectivity index (χ3n) is 5.62. The van der Waals surface area contributed by atoms with E-state index < -0.39 is 15.6 Å². The van der Waals surface area contributed by atoms with Crippen LogP contribution in [-0.4, -0.2) is 30.2 Å². The average Bonchev–Trinajstić information content (AvgIpc) is 3.11. The van der Waals surface area contributed by atoms with Gasteiger partial charge in [0.25, 0.3) is 0 Å². The maximum absolute atomic E-state index is 10.7. The number of para-hydroxylation sites is 1. The molecule has 0 fully saturated rings. The zero-order valence-corrected chi connectivity index (χ0v) is 20.9. The summed E-state index contributed by atoms with van der Waals surface area (Å²) in [6, 6.07) is 23.2. The monoisotopic (exact) mass is 518 g/mol. The van der Waals surface area contributed by atoms with Crippen LogP contribution in [0.15, 0.2) is 66.7 Å². The number of aryl methyl sites for hydroxylation is 2. The number of fused-ring (bicyclic) bond motifs is 1. The van der Waals surface area contributed by atoms with Crippen molar-refractivity contribution >= 4 is 33.2 Å². The first-order chi connectivity index (χ1) is 16.8. The van der Waals surface area contributed by atoms with Crippen LogP contribution in [0.5, 0.6) is 5.75 Å². The third kappa shape index (κ3) is 5.95. The SMILES string of the molecule is COc1ccc2c(ccc(C=Cc3cc(C)n(-c4ccccc4)c3C)[n+]2C)c1.O=S(=O)([O-])C(F)(F)F. The first kappa shape index (κ1) is 27.0. The van der Waals surface area contributed by atoms with Crippen LogP contribution in [0.4, 0.5) is 13.2 Å². The first-order valence-corrected chi connectivity index (χ1v) is 12.2. The molecule has 0 atom stereocenters. The van der Waals surface area contributed by atoms with E-state index in [4.69, 9.17) is 17.7 Å². The minimum absolute atomic E-state index is 0.879. The summed E-state index contributed by atoms with van der Waals surface area (Å²) in [5.41, 5.74) is 1.59. The molecule has 0 aliphatic carbocycles. The number of halogens is 3. The molecular weight excluding hydrogens is 493 g/mol. The predicted molar refractivity (Wildman–Crippen MR) is 132 cm³/mol. The quantitative estimate of drug-likeness (QED) is 0.209. The molecule has 6 nitrogen and oxygen atoms in total. The molecule has 190 valence electrons. The van der Waals surface area contributed by atoms with Crippen molar-refractivity contribution in [2.24, 2.45) is 7.05 Å². The fourth-order valence-electron chi connectivity index (χ4n) is 3.80. The van der Waals surface area contributed by atoms with Crippen molar-refractivity contribution in [1.29, 1.82) is 0 Å². The Kier molecular flexibility index (Phi) is 7.90. The Morgan fingerprint density at radius 3 is 2.19 bits per heavy atom. The number of nitrogens with zero attached hydrogens (tertiary/aromatic N) is 2. The van der Waals surface area contributed by atoms with E-state index in [0.29, 0.717) is 0 Å².